The highest BCUT2D eigenvalue weighted by atomic mass is 35.5. The van der Waals surface area contributed by atoms with Crippen molar-refractivity contribution >= 4 is 17.5 Å². The van der Waals surface area contributed by atoms with Crippen LogP contribution in [0, 0.1) is 0 Å². The lowest BCUT2D eigenvalue weighted by atomic mass is 10.0. The predicted molar refractivity (Wildman–Crippen MR) is 69.5 cm³/mol. The van der Waals surface area contributed by atoms with Crippen molar-refractivity contribution in [1.29, 1.82) is 0 Å². The van der Waals surface area contributed by atoms with E-state index in [1.54, 1.807) is 30.1 Å². The molecule has 0 saturated heterocycles. The van der Waals surface area contributed by atoms with Crippen molar-refractivity contribution in [3.8, 4) is 11.5 Å². The van der Waals surface area contributed by atoms with Crippen LogP contribution >= 0.6 is 11.6 Å². The summed E-state index contributed by atoms with van der Waals surface area (Å²) in [5.41, 5.74) is 0.176. The first kappa shape index (κ1) is 13.0. The summed E-state index contributed by atoms with van der Waals surface area (Å²) in [5, 5.41) is 0. The monoisotopic (exact) mass is 269 g/mol. The van der Waals surface area contributed by atoms with Crippen molar-refractivity contribution in [3.63, 3.8) is 0 Å². The maximum atomic E-state index is 12.3. The van der Waals surface area contributed by atoms with Crippen LogP contribution in [-0.2, 0) is 0 Å². The molecule has 0 aromatic heterocycles. The van der Waals surface area contributed by atoms with E-state index >= 15 is 0 Å². The quantitative estimate of drug-likeness (QED) is 0.792. The molecule has 4 nitrogen and oxygen atoms in total. The number of hydrogen-bond acceptors (Lipinski definition) is 3. The summed E-state index contributed by atoms with van der Waals surface area (Å²) >= 11 is 5.87. The van der Waals surface area contributed by atoms with Gasteiger partial charge in [-0.3, -0.25) is 4.79 Å². The molecule has 1 heterocycles. The van der Waals surface area contributed by atoms with Crippen LogP contribution in [0.2, 0.25) is 0 Å². The maximum Gasteiger partial charge on any atom is 0.254 e. The highest BCUT2D eigenvalue weighted by Crippen LogP contribution is 2.33. The summed E-state index contributed by atoms with van der Waals surface area (Å²) in [6.45, 7) is 4.05. The van der Waals surface area contributed by atoms with Gasteiger partial charge in [-0.2, -0.15) is 0 Å². The smallest absolute Gasteiger partial charge is 0.254 e. The second kappa shape index (κ2) is 4.69. The molecular weight excluding hydrogens is 254 g/mol. The number of alkyl halides is 1. The van der Waals surface area contributed by atoms with Gasteiger partial charge >= 0.3 is 0 Å². The topological polar surface area (TPSA) is 38.8 Å². The van der Waals surface area contributed by atoms with Crippen molar-refractivity contribution in [2.45, 2.75) is 19.4 Å². The number of hydrogen-bond donors (Lipinski definition) is 0. The van der Waals surface area contributed by atoms with E-state index in [-0.39, 0.29) is 12.7 Å². The number of benzene rings is 1. The van der Waals surface area contributed by atoms with Gasteiger partial charge in [0, 0.05) is 18.5 Å². The predicted octanol–water partition coefficient (Wildman–Crippen LogP) is 2.50. The van der Waals surface area contributed by atoms with Gasteiger partial charge in [0.25, 0.3) is 5.91 Å². The van der Waals surface area contributed by atoms with E-state index in [2.05, 4.69) is 0 Å². The van der Waals surface area contributed by atoms with Crippen LogP contribution in [0.3, 0.4) is 0 Å². The fourth-order valence-electron chi connectivity index (χ4n) is 1.59. The van der Waals surface area contributed by atoms with Crippen LogP contribution in [0.4, 0.5) is 0 Å². The van der Waals surface area contributed by atoms with E-state index in [9.17, 15) is 4.79 Å². The number of carbonyl (C=O) groups excluding carboxylic acids is 1. The second-order valence-electron chi connectivity index (χ2n) is 4.88. The second-order valence-corrected chi connectivity index (χ2v) is 5.15. The molecule has 1 aromatic rings. The molecule has 0 fully saturated rings. The standard InChI is InChI=1S/C13H16ClNO3/c1-13(2,7-14)15(3)12(16)9-4-5-10-11(6-9)18-8-17-10/h4-6H,7-8H2,1-3H3. The molecule has 0 radical (unpaired) electrons. The van der Waals surface area contributed by atoms with Crippen LogP contribution in [0.1, 0.15) is 24.2 Å². The fraction of sp³-hybridized carbons (Fsp3) is 0.462. The van der Waals surface area contributed by atoms with Gasteiger partial charge in [0.2, 0.25) is 6.79 Å². The molecule has 1 amide bonds. The van der Waals surface area contributed by atoms with E-state index in [0.717, 1.165) is 0 Å². The van der Waals surface area contributed by atoms with E-state index in [1.165, 1.54) is 0 Å². The Balaban J connectivity index is 2.24. The molecule has 0 unspecified atom stereocenters. The molecule has 98 valence electrons. The fourth-order valence-corrected chi connectivity index (χ4v) is 1.77. The van der Waals surface area contributed by atoms with E-state index in [0.29, 0.717) is 22.9 Å². The highest BCUT2D eigenvalue weighted by Gasteiger charge is 2.28. The average Bonchev–Trinajstić information content (AvgIpc) is 2.84. The Kier molecular flexibility index (Phi) is 3.39. The minimum atomic E-state index is -0.394. The van der Waals surface area contributed by atoms with Crippen molar-refractivity contribution in [2.75, 3.05) is 19.7 Å². The largest absolute Gasteiger partial charge is 0.454 e. The molecule has 0 bridgehead atoms. The summed E-state index contributed by atoms with van der Waals surface area (Å²) in [6, 6.07) is 5.18. The Morgan fingerprint density at radius 2 is 2.06 bits per heavy atom. The zero-order chi connectivity index (χ0) is 13.3. The lowest BCUT2D eigenvalue weighted by Gasteiger charge is -2.34. The van der Waals surface area contributed by atoms with Gasteiger partial charge in [-0.05, 0) is 32.0 Å². The summed E-state index contributed by atoms with van der Waals surface area (Å²) in [4.78, 5) is 14.0. The zero-order valence-electron chi connectivity index (χ0n) is 10.7. The highest BCUT2D eigenvalue weighted by molar-refractivity contribution is 6.18. The number of ether oxygens (including phenoxy) is 2. The van der Waals surface area contributed by atoms with E-state index < -0.39 is 5.54 Å². The minimum absolute atomic E-state index is 0.0843. The Labute approximate surface area is 111 Å². The SMILES string of the molecule is CN(C(=O)c1ccc2c(c1)OCO2)C(C)(C)CCl. The third-order valence-electron chi connectivity index (χ3n) is 3.16. The first-order valence-electron chi connectivity index (χ1n) is 5.69. The summed E-state index contributed by atoms with van der Waals surface area (Å²) in [6.07, 6.45) is 0. The van der Waals surface area contributed by atoms with Crippen molar-refractivity contribution in [3.05, 3.63) is 23.8 Å². The Morgan fingerprint density at radius 1 is 1.39 bits per heavy atom. The Morgan fingerprint density at radius 3 is 2.72 bits per heavy atom. The summed E-state index contributed by atoms with van der Waals surface area (Å²) in [5.74, 6) is 1.57. The molecule has 2 rings (SSSR count). The van der Waals surface area contributed by atoms with Crippen molar-refractivity contribution < 1.29 is 14.3 Å². The van der Waals surface area contributed by atoms with Gasteiger partial charge in [-0.25, -0.2) is 0 Å². The molecule has 1 aliphatic rings. The summed E-state index contributed by atoms with van der Waals surface area (Å²) < 4.78 is 10.5. The third kappa shape index (κ3) is 2.25. The molecule has 5 heteroatoms. The van der Waals surface area contributed by atoms with Crippen LogP contribution < -0.4 is 9.47 Å². The molecule has 0 atom stereocenters. The van der Waals surface area contributed by atoms with Gasteiger partial charge in [0.15, 0.2) is 11.5 Å². The molecule has 0 saturated carbocycles. The van der Waals surface area contributed by atoms with Gasteiger partial charge in [0.05, 0.1) is 5.54 Å². The molecule has 1 aliphatic heterocycles. The van der Waals surface area contributed by atoms with E-state index in [4.69, 9.17) is 21.1 Å². The number of fused-ring (bicyclic) bond motifs is 1. The first-order valence-corrected chi connectivity index (χ1v) is 6.23. The lowest BCUT2D eigenvalue weighted by Crippen LogP contribution is -2.46. The number of rotatable bonds is 3. The number of nitrogens with zero attached hydrogens (tertiary/aromatic N) is 1. The molecule has 0 aliphatic carbocycles. The molecular formula is C13H16ClNO3. The Bertz CT molecular complexity index is 473. The molecule has 1 aromatic carbocycles. The van der Waals surface area contributed by atoms with Crippen LogP contribution in [0.15, 0.2) is 18.2 Å². The normalized spacial score (nSPS) is 13.6. The molecule has 0 spiro atoms. The first-order chi connectivity index (χ1) is 8.45. The van der Waals surface area contributed by atoms with Crippen molar-refractivity contribution in [2.24, 2.45) is 0 Å². The van der Waals surface area contributed by atoms with Gasteiger partial charge in [0.1, 0.15) is 0 Å². The van der Waals surface area contributed by atoms with Crippen LogP contribution in [0.25, 0.3) is 0 Å². The minimum Gasteiger partial charge on any atom is -0.454 e. The van der Waals surface area contributed by atoms with Gasteiger partial charge in [-0.1, -0.05) is 0 Å². The lowest BCUT2D eigenvalue weighted by molar-refractivity contribution is 0.0660. The van der Waals surface area contributed by atoms with Crippen LogP contribution in [-0.4, -0.2) is 36.1 Å². The average molecular weight is 270 g/mol. The number of carbonyl (C=O) groups is 1. The van der Waals surface area contributed by atoms with Gasteiger partial charge < -0.3 is 14.4 Å². The van der Waals surface area contributed by atoms with E-state index in [1.807, 2.05) is 13.8 Å². The Hall–Kier alpha value is -1.42. The number of amides is 1. The zero-order valence-corrected chi connectivity index (χ0v) is 11.5. The molecule has 18 heavy (non-hydrogen) atoms. The summed E-state index contributed by atoms with van der Waals surface area (Å²) in [7, 11) is 1.75. The molecule has 0 N–H and O–H groups in total. The third-order valence-corrected chi connectivity index (χ3v) is 3.81. The maximum absolute atomic E-state index is 12.3. The van der Waals surface area contributed by atoms with Crippen molar-refractivity contribution in [1.82, 2.24) is 4.90 Å². The number of halogens is 1. The van der Waals surface area contributed by atoms with Crippen LogP contribution in [0.5, 0.6) is 11.5 Å². The van der Waals surface area contributed by atoms with Gasteiger partial charge in [-0.15, -0.1) is 11.6 Å².